The van der Waals surface area contributed by atoms with Gasteiger partial charge in [0.05, 0.1) is 19.3 Å². The van der Waals surface area contributed by atoms with Gasteiger partial charge in [0.1, 0.15) is 12.1 Å². The third-order valence-corrected chi connectivity index (χ3v) is 6.02. The van der Waals surface area contributed by atoms with Crippen LogP contribution in [0.5, 0.6) is 0 Å². The molecule has 1 amide bonds. The molecular weight excluding hydrogens is 410 g/mol. The van der Waals surface area contributed by atoms with Gasteiger partial charge in [0.25, 0.3) is 5.91 Å². The second kappa shape index (κ2) is 12.0. The molecule has 1 aromatic rings. The maximum atomic E-state index is 13.6. The SMILES string of the molecule is CCOC(=O)[C@H](CCc1ccccc1)N[C@H]1CCCN2CCC[C@@H](C(=O)OCC)N2C1=O. The number of benzene rings is 1. The maximum Gasteiger partial charge on any atom is 0.330 e. The normalized spacial score (nSPS) is 22.6. The molecule has 0 spiro atoms. The van der Waals surface area contributed by atoms with Crippen LogP contribution in [-0.2, 0) is 30.3 Å². The van der Waals surface area contributed by atoms with Crippen molar-refractivity contribution in [3.63, 3.8) is 0 Å². The number of nitrogens with zero attached hydrogens (tertiary/aromatic N) is 2. The van der Waals surface area contributed by atoms with Crippen LogP contribution in [0.4, 0.5) is 0 Å². The Labute approximate surface area is 190 Å². The highest BCUT2D eigenvalue weighted by Gasteiger charge is 2.43. The van der Waals surface area contributed by atoms with Gasteiger partial charge < -0.3 is 9.47 Å². The molecule has 0 bridgehead atoms. The lowest BCUT2D eigenvalue weighted by molar-refractivity contribution is -0.177. The van der Waals surface area contributed by atoms with E-state index < -0.39 is 18.1 Å². The van der Waals surface area contributed by atoms with Gasteiger partial charge in [-0.1, -0.05) is 30.3 Å². The second-order valence-electron chi connectivity index (χ2n) is 8.24. The third kappa shape index (κ3) is 6.07. The van der Waals surface area contributed by atoms with Crippen LogP contribution in [0.3, 0.4) is 0 Å². The van der Waals surface area contributed by atoms with E-state index in [2.05, 4.69) is 5.32 Å². The van der Waals surface area contributed by atoms with Crippen molar-refractivity contribution in [3.8, 4) is 0 Å². The maximum absolute atomic E-state index is 13.6. The lowest BCUT2D eigenvalue weighted by Gasteiger charge is -2.42. The van der Waals surface area contributed by atoms with E-state index in [9.17, 15) is 14.4 Å². The quantitative estimate of drug-likeness (QED) is 0.582. The highest BCUT2D eigenvalue weighted by atomic mass is 16.5. The van der Waals surface area contributed by atoms with Crippen LogP contribution in [0.15, 0.2) is 30.3 Å². The minimum Gasteiger partial charge on any atom is -0.465 e. The number of hydrogen-bond acceptors (Lipinski definition) is 7. The van der Waals surface area contributed by atoms with E-state index >= 15 is 0 Å². The molecule has 3 atom stereocenters. The largest absolute Gasteiger partial charge is 0.465 e. The van der Waals surface area contributed by atoms with E-state index in [0.29, 0.717) is 32.2 Å². The molecule has 8 heteroatoms. The number of carbonyl (C=O) groups is 3. The fraction of sp³-hybridized carbons (Fsp3) is 0.625. The zero-order valence-electron chi connectivity index (χ0n) is 19.1. The Balaban J connectivity index is 1.74. The van der Waals surface area contributed by atoms with Gasteiger partial charge in [0, 0.05) is 13.1 Å². The summed E-state index contributed by atoms with van der Waals surface area (Å²) in [5.74, 6) is -0.885. The number of nitrogens with one attached hydrogen (secondary N) is 1. The monoisotopic (exact) mass is 445 g/mol. The van der Waals surface area contributed by atoms with E-state index in [4.69, 9.17) is 9.47 Å². The molecule has 176 valence electrons. The summed E-state index contributed by atoms with van der Waals surface area (Å²) in [6, 6.07) is 8.18. The van der Waals surface area contributed by atoms with Crippen LogP contribution in [0, 0.1) is 0 Å². The molecule has 2 aliphatic heterocycles. The van der Waals surface area contributed by atoms with Gasteiger partial charge in [-0.15, -0.1) is 0 Å². The van der Waals surface area contributed by atoms with Crippen molar-refractivity contribution >= 4 is 17.8 Å². The number of carbonyl (C=O) groups excluding carboxylic acids is 3. The van der Waals surface area contributed by atoms with Crippen molar-refractivity contribution in [2.75, 3.05) is 26.3 Å². The zero-order valence-corrected chi connectivity index (χ0v) is 19.1. The van der Waals surface area contributed by atoms with Crippen molar-refractivity contribution in [1.29, 1.82) is 0 Å². The summed E-state index contributed by atoms with van der Waals surface area (Å²) < 4.78 is 10.5. The summed E-state index contributed by atoms with van der Waals surface area (Å²) in [6.45, 7) is 5.55. The highest BCUT2D eigenvalue weighted by Crippen LogP contribution is 2.25. The third-order valence-electron chi connectivity index (χ3n) is 6.02. The second-order valence-corrected chi connectivity index (χ2v) is 8.24. The van der Waals surface area contributed by atoms with Gasteiger partial charge >= 0.3 is 11.9 Å². The number of rotatable bonds is 9. The van der Waals surface area contributed by atoms with Crippen LogP contribution >= 0.6 is 0 Å². The van der Waals surface area contributed by atoms with Gasteiger partial charge in [-0.3, -0.25) is 19.9 Å². The molecule has 3 rings (SSSR count). The van der Waals surface area contributed by atoms with Crippen molar-refractivity contribution in [3.05, 3.63) is 35.9 Å². The highest BCUT2D eigenvalue weighted by molar-refractivity contribution is 5.88. The van der Waals surface area contributed by atoms with Gasteiger partial charge in [0.2, 0.25) is 0 Å². The lowest BCUT2D eigenvalue weighted by Crippen LogP contribution is -2.62. The van der Waals surface area contributed by atoms with E-state index in [1.807, 2.05) is 35.3 Å². The summed E-state index contributed by atoms with van der Waals surface area (Å²) in [5, 5.41) is 6.84. The van der Waals surface area contributed by atoms with Gasteiger partial charge in [-0.05, 0) is 57.9 Å². The Bertz CT molecular complexity index is 772. The lowest BCUT2D eigenvalue weighted by atomic mass is 10.0. The molecule has 2 fully saturated rings. The minimum absolute atomic E-state index is 0.172. The zero-order chi connectivity index (χ0) is 22.9. The predicted octanol–water partition coefficient (Wildman–Crippen LogP) is 2.07. The van der Waals surface area contributed by atoms with E-state index in [0.717, 1.165) is 24.9 Å². The average Bonchev–Trinajstić information content (AvgIpc) is 2.96. The molecule has 2 heterocycles. The molecular formula is C24H35N3O5. The molecule has 2 aliphatic rings. The number of amides is 1. The van der Waals surface area contributed by atoms with Crippen LogP contribution in [0.1, 0.15) is 51.5 Å². The van der Waals surface area contributed by atoms with E-state index in [1.54, 1.807) is 18.9 Å². The molecule has 1 aromatic carbocycles. The summed E-state index contributed by atoms with van der Waals surface area (Å²) >= 11 is 0. The number of ether oxygens (including phenoxy) is 2. The van der Waals surface area contributed by atoms with Gasteiger partial charge in [-0.25, -0.2) is 9.80 Å². The first-order valence-corrected chi connectivity index (χ1v) is 11.8. The first-order chi connectivity index (χ1) is 15.5. The Kier molecular flexibility index (Phi) is 9.05. The predicted molar refractivity (Wildman–Crippen MR) is 119 cm³/mol. The van der Waals surface area contributed by atoms with Gasteiger partial charge in [-0.2, -0.15) is 0 Å². The van der Waals surface area contributed by atoms with Crippen molar-refractivity contribution < 1.29 is 23.9 Å². The van der Waals surface area contributed by atoms with E-state index in [-0.39, 0.29) is 31.1 Å². The van der Waals surface area contributed by atoms with Crippen molar-refractivity contribution in [2.45, 2.75) is 70.5 Å². The summed E-state index contributed by atoms with van der Waals surface area (Å²) in [4.78, 5) is 38.8. The molecule has 2 saturated heterocycles. The molecule has 0 aromatic heterocycles. The average molecular weight is 446 g/mol. The topological polar surface area (TPSA) is 88.2 Å². The Morgan fingerprint density at radius 3 is 2.44 bits per heavy atom. The first-order valence-electron chi connectivity index (χ1n) is 11.8. The molecule has 1 N–H and O–H groups in total. The fourth-order valence-electron chi connectivity index (χ4n) is 4.49. The molecule has 0 radical (unpaired) electrons. The van der Waals surface area contributed by atoms with Crippen LogP contribution in [0.2, 0.25) is 0 Å². The Morgan fingerprint density at radius 1 is 1.06 bits per heavy atom. The smallest absolute Gasteiger partial charge is 0.330 e. The summed E-state index contributed by atoms with van der Waals surface area (Å²) in [6.07, 6.45) is 4.04. The minimum atomic E-state index is -0.607. The number of aryl methyl sites for hydroxylation is 1. The van der Waals surface area contributed by atoms with Gasteiger partial charge in [0.15, 0.2) is 0 Å². The van der Waals surface area contributed by atoms with Crippen molar-refractivity contribution in [2.24, 2.45) is 0 Å². The number of fused-ring (bicyclic) bond motifs is 1. The Morgan fingerprint density at radius 2 is 1.75 bits per heavy atom. The van der Waals surface area contributed by atoms with Crippen LogP contribution < -0.4 is 5.32 Å². The molecule has 0 saturated carbocycles. The number of hydrogen-bond donors (Lipinski definition) is 1. The number of hydrazine groups is 1. The Hall–Kier alpha value is -2.45. The summed E-state index contributed by atoms with van der Waals surface area (Å²) in [7, 11) is 0. The number of esters is 2. The molecule has 8 nitrogen and oxygen atoms in total. The summed E-state index contributed by atoms with van der Waals surface area (Å²) in [5.41, 5.74) is 1.13. The fourth-order valence-corrected chi connectivity index (χ4v) is 4.49. The molecule has 0 unspecified atom stereocenters. The molecule has 0 aliphatic carbocycles. The van der Waals surface area contributed by atoms with Crippen LogP contribution in [-0.4, -0.2) is 72.3 Å². The standard InChI is InChI=1S/C24H35N3O5/c1-3-31-23(29)20(15-14-18-10-6-5-7-11-18)25-19-12-8-16-26-17-9-13-21(24(30)32-4-2)27(26)22(19)28/h5-7,10-11,19-21,25H,3-4,8-9,12-17H2,1-2H3/t19-,20-,21-/m0/s1. The van der Waals surface area contributed by atoms with E-state index in [1.165, 1.54) is 0 Å². The van der Waals surface area contributed by atoms with Crippen molar-refractivity contribution in [1.82, 2.24) is 15.3 Å². The first kappa shape index (κ1) is 24.2. The molecule has 32 heavy (non-hydrogen) atoms. The van der Waals surface area contributed by atoms with Crippen LogP contribution in [0.25, 0.3) is 0 Å².